The van der Waals surface area contributed by atoms with Crippen molar-refractivity contribution in [1.82, 2.24) is 14.5 Å². The molecule has 1 heterocycles. The summed E-state index contributed by atoms with van der Waals surface area (Å²) in [6.07, 6.45) is 6.19. The van der Waals surface area contributed by atoms with E-state index >= 15 is 0 Å². The zero-order valence-electron chi connectivity index (χ0n) is 14.4. The lowest BCUT2D eigenvalue weighted by Gasteiger charge is -2.30. The normalized spacial score (nSPS) is 20.4. The molecule has 26 heavy (non-hydrogen) atoms. The van der Waals surface area contributed by atoms with Crippen molar-refractivity contribution in [3.05, 3.63) is 42.7 Å². The second-order valence-corrected chi connectivity index (χ2v) is 7.34. The third-order valence-corrected chi connectivity index (χ3v) is 5.26. The van der Waals surface area contributed by atoms with Crippen LogP contribution in [0.2, 0.25) is 0 Å². The molecule has 140 valence electrons. The van der Waals surface area contributed by atoms with Crippen LogP contribution < -0.4 is 9.46 Å². The van der Waals surface area contributed by atoms with E-state index in [-0.39, 0.29) is 11.7 Å². The summed E-state index contributed by atoms with van der Waals surface area (Å²) in [5.74, 6) is 1.41. The smallest absolute Gasteiger partial charge is 0.201 e. The molecule has 1 N–H and O–H groups in total. The summed E-state index contributed by atoms with van der Waals surface area (Å²) in [5.41, 5.74) is 0.950. The summed E-state index contributed by atoms with van der Waals surface area (Å²) in [7, 11) is -2.57. The number of ketones is 1. The Hall–Kier alpha value is -2.19. The van der Waals surface area contributed by atoms with Gasteiger partial charge in [-0.1, -0.05) is 0 Å². The third-order valence-electron chi connectivity index (χ3n) is 4.78. The van der Waals surface area contributed by atoms with Crippen molar-refractivity contribution >= 4 is 16.7 Å². The van der Waals surface area contributed by atoms with Crippen LogP contribution in [0.4, 0.5) is 0 Å². The summed E-state index contributed by atoms with van der Waals surface area (Å²) < 4.78 is 31.4. The van der Waals surface area contributed by atoms with E-state index in [1.165, 1.54) is 0 Å². The molecular formula is C18H23N3O4S. The Morgan fingerprint density at radius 2 is 2.04 bits per heavy atom. The number of hydrogen-bond acceptors (Lipinski definition) is 5. The number of nitrogens with one attached hydrogen (secondary N) is 1. The van der Waals surface area contributed by atoms with Crippen LogP contribution in [0.15, 0.2) is 42.7 Å². The van der Waals surface area contributed by atoms with Gasteiger partial charge in [0, 0.05) is 37.7 Å². The summed E-state index contributed by atoms with van der Waals surface area (Å²) >= 11 is 0. The van der Waals surface area contributed by atoms with Gasteiger partial charge in [-0.15, -0.1) is 0 Å². The number of carbonyl (C=O) groups excluding carboxylic acids is 1. The fourth-order valence-electron chi connectivity index (χ4n) is 3.38. The predicted octanol–water partition coefficient (Wildman–Crippen LogP) is 1.74. The van der Waals surface area contributed by atoms with Crippen molar-refractivity contribution in [2.24, 2.45) is 11.8 Å². The molecule has 2 unspecified atom stereocenters. The second kappa shape index (κ2) is 8.95. The van der Waals surface area contributed by atoms with Gasteiger partial charge < -0.3 is 4.74 Å². The fourth-order valence-corrected chi connectivity index (χ4v) is 3.69. The number of carbonyl (C=O) groups is 1. The van der Waals surface area contributed by atoms with E-state index in [9.17, 15) is 13.2 Å². The van der Waals surface area contributed by atoms with E-state index in [0.29, 0.717) is 31.9 Å². The van der Waals surface area contributed by atoms with E-state index < -0.39 is 10.9 Å². The molecule has 1 fully saturated rings. The van der Waals surface area contributed by atoms with Crippen molar-refractivity contribution in [3.8, 4) is 11.4 Å². The zero-order chi connectivity index (χ0) is 18.4. The minimum Gasteiger partial charge on any atom is -0.493 e. The summed E-state index contributed by atoms with van der Waals surface area (Å²) in [5, 5.41) is 4.18. The number of rotatable bonds is 8. The molecule has 2 aromatic rings. The zero-order valence-corrected chi connectivity index (χ0v) is 15.3. The molecule has 8 heteroatoms. The van der Waals surface area contributed by atoms with Gasteiger partial charge in [-0.2, -0.15) is 5.10 Å². The van der Waals surface area contributed by atoms with Gasteiger partial charge in [-0.25, -0.2) is 17.8 Å². The Bertz CT molecular complexity index is 779. The molecule has 3 rings (SSSR count). The Balaban J connectivity index is 1.55. The van der Waals surface area contributed by atoms with Crippen molar-refractivity contribution in [2.45, 2.75) is 25.7 Å². The SMILES string of the molecule is O=C1CCC(CCN[SH](=O)=O)C(COc2ccc(-n3cccn3)cc2)C1. The summed E-state index contributed by atoms with van der Waals surface area (Å²) in [6, 6.07) is 9.50. The highest BCUT2D eigenvalue weighted by Gasteiger charge is 2.29. The van der Waals surface area contributed by atoms with E-state index in [0.717, 1.165) is 24.3 Å². The van der Waals surface area contributed by atoms with Crippen LogP contribution in [-0.4, -0.2) is 37.1 Å². The maximum atomic E-state index is 11.8. The van der Waals surface area contributed by atoms with E-state index in [1.54, 1.807) is 10.9 Å². The maximum Gasteiger partial charge on any atom is 0.201 e. The van der Waals surface area contributed by atoms with Gasteiger partial charge in [0.2, 0.25) is 10.9 Å². The maximum absolute atomic E-state index is 11.8. The molecule has 0 radical (unpaired) electrons. The van der Waals surface area contributed by atoms with Gasteiger partial charge in [0.15, 0.2) is 0 Å². The van der Waals surface area contributed by atoms with E-state index in [4.69, 9.17) is 4.74 Å². The Morgan fingerprint density at radius 1 is 1.23 bits per heavy atom. The number of hydrogen-bond donors (Lipinski definition) is 2. The van der Waals surface area contributed by atoms with Gasteiger partial charge in [-0.3, -0.25) is 4.79 Å². The topological polar surface area (TPSA) is 90.3 Å². The Morgan fingerprint density at radius 3 is 2.73 bits per heavy atom. The molecule has 1 saturated carbocycles. The lowest BCUT2D eigenvalue weighted by atomic mass is 9.77. The van der Waals surface area contributed by atoms with Crippen molar-refractivity contribution in [2.75, 3.05) is 13.2 Å². The number of nitrogens with zero attached hydrogens (tertiary/aromatic N) is 2. The van der Waals surface area contributed by atoms with Crippen molar-refractivity contribution in [3.63, 3.8) is 0 Å². The van der Waals surface area contributed by atoms with Crippen LogP contribution in [0.25, 0.3) is 5.69 Å². The number of Topliss-reactive ketones (excluding diaryl/α,β-unsaturated/α-hetero) is 1. The lowest BCUT2D eigenvalue weighted by Crippen LogP contribution is -2.31. The van der Waals surface area contributed by atoms with Crippen molar-refractivity contribution in [1.29, 1.82) is 0 Å². The molecule has 0 saturated heterocycles. The van der Waals surface area contributed by atoms with Gasteiger partial charge in [0.25, 0.3) is 0 Å². The third kappa shape index (κ3) is 5.15. The highest BCUT2D eigenvalue weighted by molar-refractivity contribution is 7.70. The average Bonchev–Trinajstić information content (AvgIpc) is 3.16. The summed E-state index contributed by atoms with van der Waals surface area (Å²) in [6.45, 7) is 0.869. The minimum atomic E-state index is -2.57. The van der Waals surface area contributed by atoms with Gasteiger partial charge >= 0.3 is 0 Å². The van der Waals surface area contributed by atoms with Crippen LogP contribution in [0.5, 0.6) is 5.75 Å². The number of benzene rings is 1. The molecule has 1 aliphatic carbocycles. The lowest BCUT2D eigenvalue weighted by molar-refractivity contribution is -0.123. The largest absolute Gasteiger partial charge is 0.493 e. The summed E-state index contributed by atoms with van der Waals surface area (Å²) in [4.78, 5) is 11.8. The van der Waals surface area contributed by atoms with Gasteiger partial charge in [0.05, 0.1) is 12.3 Å². The Labute approximate surface area is 154 Å². The highest BCUT2D eigenvalue weighted by Crippen LogP contribution is 2.31. The molecule has 0 aliphatic heterocycles. The molecule has 1 aliphatic rings. The monoisotopic (exact) mass is 377 g/mol. The van der Waals surface area contributed by atoms with Crippen molar-refractivity contribution < 1.29 is 17.9 Å². The van der Waals surface area contributed by atoms with Gasteiger partial charge in [-0.05, 0) is 49.1 Å². The van der Waals surface area contributed by atoms with E-state index in [1.807, 2.05) is 36.5 Å². The fraction of sp³-hybridized carbons (Fsp3) is 0.444. The molecule has 0 amide bonds. The first-order valence-corrected chi connectivity index (χ1v) is 9.92. The molecule has 0 spiro atoms. The average molecular weight is 377 g/mol. The van der Waals surface area contributed by atoms with Crippen LogP contribution in [0, 0.1) is 11.8 Å². The second-order valence-electron chi connectivity index (χ2n) is 6.51. The first kappa shape index (κ1) is 18.6. The number of ether oxygens (including phenoxy) is 1. The van der Waals surface area contributed by atoms with E-state index in [2.05, 4.69) is 9.82 Å². The first-order chi connectivity index (χ1) is 12.6. The van der Waals surface area contributed by atoms with Crippen LogP contribution in [-0.2, 0) is 15.7 Å². The minimum absolute atomic E-state index is 0.119. The standard InChI is InChI=1S/C18H23N3O4S/c22-17-5-2-14(8-10-20-26(23)24)15(12-17)13-25-18-6-3-16(4-7-18)21-11-1-9-19-21/h1,3-4,6-7,9,11,14-15,26H,2,5,8,10,12-13H2,(H,20,23,24). The van der Waals surface area contributed by atoms with Crippen LogP contribution in [0.1, 0.15) is 25.7 Å². The number of thiol groups is 1. The Kier molecular flexibility index (Phi) is 6.40. The molecule has 1 aromatic carbocycles. The molecule has 2 atom stereocenters. The first-order valence-electron chi connectivity index (χ1n) is 8.74. The van der Waals surface area contributed by atoms with Crippen LogP contribution >= 0.6 is 0 Å². The molecule has 0 bridgehead atoms. The highest BCUT2D eigenvalue weighted by atomic mass is 32.2. The predicted molar refractivity (Wildman–Crippen MR) is 97.8 cm³/mol. The van der Waals surface area contributed by atoms with Gasteiger partial charge in [0.1, 0.15) is 11.5 Å². The quantitative estimate of drug-likeness (QED) is 0.684. The number of aromatic nitrogens is 2. The van der Waals surface area contributed by atoms with Crippen LogP contribution in [0.3, 0.4) is 0 Å². The molecular weight excluding hydrogens is 354 g/mol. The molecule has 1 aromatic heterocycles. The molecule has 7 nitrogen and oxygen atoms in total.